The van der Waals surface area contributed by atoms with Gasteiger partial charge in [-0.05, 0) is 89.1 Å². The number of hydrogen-bond acceptors (Lipinski definition) is 3. The highest BCUT2D eigenvalue weighted by Crippen LogP contribution is 2.49. The number of aliphatic imine (C=N–C) groups is 1. The molecule has 3 aromatic rings. The third kappa shape index (κ3) is 5.12. The van der Waals surface area contributed by atoms with Crippen molar-refractivity contribution >= 4 is 46.5 Å². The van der Waals surface area contributed by atoms with Crippen LogP contribution in [-0.2, 0) is 0 Å². The Bertz CT molecular complexity index is 1580. The molecule has 3 nitrogen and oxygen atoms in total. The third-order valence-electron chi connectivity index (χ3n) is 6.88. The maximum absolute atomic E-state index is 8.24. The molecule has 182 valence electrons. The summed E-state index contributed by atoms with van der Waals surface area (Å²) in [6.45, 7) is 4.14. The summed E-state index contributed by atoms with van der Waals surface area (Å²) >= 11 is 0. The first-order valence-electron chi connectivity index (χ1n) is 12.7. The van der Waals surface area contributed by atoms with Gasteiger partial charge in [-0.25, -0.2) is 0 Å². The summed E-state index contributed by atoms with van der Waals surface area (Å²) in [4.78, 5) is 9.07. The highest BCUT2D eigenvalue weighted by atomic mass is 14.7. The Morgan fingerprint density at radius 1 is 0.946 bits per heavy atom. The van der Waals surface area contributed by atoms with E-state index in [1.165, 1.54) is 39.3 Å². The van der Waals surface area contributed by atoms with E-state index in [1.54, 1.807) is 7.05 Å². The zero-order valence-electron chi connectivity index (χ0n) is 21.6. The minimum atomic E-state index is 0.797. The van der Waals surface area contributed by atoms with Gasteiger partial charge in [-0.1, -0.05) is 66.8 Å². The third-order valence-corrected chi connectivity index (χ3v) is 6.88. The molecule has 1 fully saturated rings. The molecule has 0 aliphatic heterocycles. The van der Waals surface area contributed by atoms with Crippen molar-refractivity contribution < 1.29 is 0 Å². The van der Waals surface area contributed by atoms with E-state index < -0.39 is 0 Å². The average molecular weight is 482 g/mol. The Kier molecular flexibility index (Phi) is 7.04. The molecule has 0 radical (unpaired) electrons. The largest absolute Gasteiger partial charge is 0.308 e. The van der Waals surface area contributed by atoms with Gasteiger partial charge < -0.3 is 5.41 Å². The molecular weight excluding hydrogens is 450 g/mol. The Morgan fingerprint density at radius 3 is 2.41 bits per heavy atom. The SMILES string of the molecule is C/C=C(\C=NC)c1cnc(/C(C=N)=C/C(C)=C2C3=CCCC=C32)c(/C=C/c2ccc3ccccc3c2)c1. The van der Waals surface area contributed by atoms with Gasteiger partial charge in [0.25, 0.3) is 0 Å². The summed E-state index contributed by atoms with van der Waals surface area (Å²) in [6.07, 6.45) is 20.4. The van der Waals surface area contributed by atoms with Crippen LogP contribution < -0.4 is 0 Å². The van der Waals surface area contributed by atoms with E-state index in [0.29, 0.717) is 0 Å². The van der Waals surface area contributed by atoms with E-state index in [2.05, 4.69) is 90.8 Å². The Hall–Kier alpha value is -4.37. The van der Waals surface area contributed by atoms with Crippen molar-refractivity contribution in [3.05, 3.63) is 124 Å². The summed E-state index contributed by atoms with van der Waals surface area (Å²) in [5, 5.41) is 10.7. The van der Waals surface area contributed by atoms with Crippen LogP contribution in [0.5, 0.6) is 0 Å². The van der Waals surface area contributed by atoms with Crippen molar-refractivity contribution in [1.82, 2.24) is 4.98 Å². The van der Waals surface area contributed by atoms with Gasteiger partial charge in [0.1, 0.15) is 0 Å². The van der Waals surface area contributed by atoms with Gasteiger partial charge in [-0.2, -0.15) is 0 Å². The van der Waals surface area contributed by atoms with Gasteiger partial charge in [0, 0.05) is 42.4 Å². The second-order valence-electron chi connectivity index (χ2n) is 9.35. The zero-order valence-corrected chi connectivity index (χ0v) is 21.6. The molecule has 37 heavy (non-hydrogen) atoms. The first kappa shape index (κ1) is 24.3. The number of nitrogens with zero attached hydrogens (tertiary/aromatic N) is 2. The summed E-state index contributed by atoms with van der Waals surface area (Å²) in [7, 11) is 1.78. The summed E-state index contributed by atoms with van der Waals surface area (Å²) < 4.78 is 0. The summed E-state index contributed by atoms with van der Waals surface area (Å²) in [6, 6.07) is 17.0. The van der Waals surface area contributed by atoms with Crippen molar-refractivity contribution in [1.29, 1.82) is 5.41 Å². The fraction of sp³-hybridized carbons (Fsp3) is 0.147. The van der Waals surface area contributed by atoms with Crippen LogP contribution in [0, 0.1) is 5.41 Å². The van der Waals surface area contributed by atoms with Crippen molar-refractivity contribution in [3.8, 4) is 0 Å². The van der Waals surface area contributed by atoms with Crippen molar-refractivity contribution in [2.24, 2.45) is 4.99 Å². The van der Waals surface area contributed by atoms with Crippen molar-refractivity contribution in [3.63, 3.8) is 0 Å². The van der Waals surface area contributed by atoms with E-state index >= 15 is 0 Å². The second-order valence-corrected chi connectivity index (χ2v) is 9.35. The average Bonchev–Trinajstić information content (AvgIpc) is 3.68. The molecule has 1 aromatic heterocycles. The molecule has 1 N–H and O–H groups in total. The summed E-state index contributed by atoms with van der Waals surface area (Å²) in [5.74, 6) is 0. The molecular formula is C34H31N3. The lowest BCUT2D eigenvalue weighted by atomic mass is 9.98. The van der Waals surface area contributed by atoms with Crippen LogP contribution in [0.15, 0.2) is 106 Å². The number of allylic oxidation sites excluding steroid dienone is 10. The first-order chi connectivity index (χ1) is 18.1. The van der Waals surface area contributed by atoms with Gasteiger partial charge >= 0.3 is 0 Å². The number of nitrogens with one attached hydrogen (secondary N) is 1. The molecule has 1 saturated carbocycles. The monoisotopic (exact) mass is 481 g/mol. The standard InChI is InChI=1S/C34H31N3/c1-4-25(21-36-3)30-19-28(16-14-24-13-15-26-9-5-6-10-27(26)18-24)34(37-22-30)29(20-35)17-23(2)33-31-11-7-8-12-32(31)33/h4-6,9-22,35H,7-8H2,1-3H3/b16-14+,25-4+,29-17+,35-20?,36-21?. The van der Waals surface area contributed by atoms with E-state index in [9.17, 15) is 0 Å². The number of aromatic nitrogens is 1. The quantitative estimate of drug-likeness (QED) is 0.338. The van der Waals surface area contributed by atoms with Crippen LogP contribution in [0.2, 0.25) is 0 Å². The number of hydrogen-bond donors (Lipinski definition) is 1. The molecule has 2 aliphatic rings. The first-order valence-corrected chi connectivity index (χ1v) is 12.7. The lowest BCUT2D eigenvalue weighted by Crippen LogP contribution is -1.98. The smallest absolute Gasteiger partial charge is 0.0790 e. The molecule has 5 rings (SSSR count). The van der Waals surface area contributed by atoms with Crippen LogP contribution in [0.25, 0.3) is 34.1 Å². The fourth-order valence-electron chi connectivity index (χ4n) is 4.97. The predicted octanol–water partition coefficient (Wildman–Crippen LogP) is 8.52. The lowest BCUT2D eigenvalue weighted by molar-refractivity contribution is 1.04. The number of rotatable bonds is 7. The van der Waals surface area contributed by atoms with Crippen LogP contribution in [-0.4, -0.2) is 24.5 Å². The normalized spacial score (nSPS) is 15.7. The van der Waals surface area contributed by atoms with Crippen LogP contribution >= 0.6 is 0 Å². The van der Waals surface area contributed by atoms with Crippen LogP contribution in [0.4, 0.5) is 0 Å². The van der Waals surface area contributed by atoms with E-state index in [-0.39, 0.29) is 0 Å². The topological polar surface area (TPSA) is 49.1 Å². The van der Waals surface area contributed by atoms with E-state index in [0.717, 1.165) is 46.4 Å². The molecule has 0 bridgehead atoms. The van der Waals surface area contributed by atoms with Gasteiger partial charge in [0.15, 0.2) is 0 Å². The van der Waals surface area contributed by atoms with E-state index in [4.69, 9.17) is 10.4 Å². The maximum atomic E-state index is 8.24. The highest BCUT2D eigenvalue weighted by Gasteiger charge is 2.32. The molecule has 2 aliphatic carbocycles. The number of fused-ring (bicyclic) bond motifs is 2. The number of pyridine rings is 1. The molecule has 0 saturated heterocycles. The lowest BCUT2D eigenvalue weighted by Gasteiger charge is -2.10. The predicted molar refractivity (Wildman–Crippen MR) is 160 cm³/mol. The Morgan fingerprint density at radius 2 is 1.70 bits per heavy atom. The van der Waals surface area contributed by atoms with Gasteiger partial charge in [-0.15, -0.1) is 0 Å². The highest BCUT2D eigenvalue weighted by molar-refractivity contribution is 6.12. The molecule has 0 amide bonds. The second kappa shape index (κ2) is 10.7. The van der Waals surface area contributed by atoms with Gasteiger partial charge in [0.2, 0.25) is 0 Å². The molecule has 0 atom stereocenters. The molecule has 0 spiro atoms. The van der Waals surface area contributed by atoms with Crippen LogP contribution in [0.1, 0.15) is 49.1 Å². The molecule has 1 heterocycles. The Balaban J connectivity index is 1.59. The van der Waals surface area contributed by atoms with Crippen molar-refractivity contribution in [2.75, 3.05) is 7.05 Å². The molecule has 3 heteroatoms. The maximum Gasteiger partial charge on any atom is 0.0790 e. The Labute approximate surface area is 219 Å². The minimum absolute atomic E-state index is 0.797. The van der Waals surface area contributed by atoms with Crippen LogP contribution in [0.3, 0.4) is 0 Å². The molecule has 0 unspecified atom stereocenters. The summed E-state index contributed by atoms with van der Waals surface area (Å²) in [5.41, 5.74) is 11.0. The van der Waals surface area contributed by atoms with Crippen molar-refractivity contribution in [2.45, 2.75) is 26.7 Å². The number of benzene rings is 2. The van der Waals surface area contributed by atoms with Gasteiger partial charge in [0.05, 0.1) is 5.69 Å². The minimum Gasteiger partial charge on any atom is -0.308 e. The van der Waals surface area contributed by atoms with Gasteiger partial charge in [-0.3, -0.25) is 9.98 Å². The van der Waals surface area contributed by atoms with E-state index in [1.807, 2.05) is 25.4 Å². The zero-order chi connectivity index (χ0) is 25.8. The molecule has 2 aromatic carbocycles. The fourth-order valence-corrected chi connectivity index (χ4v) is 4.97.